The van der Waals surface area contributed by atoms with Crippen LogP contribution in [0.3, 0.4) is 0 Å². The van der Waals surface area contributed by atoms with Gasteiger partial charge in [-0.2, -0.15) is 5.26 Å². The number of nitrogens with zero attached hydrogens (tertiary/aromatic N) is 1. The van der Waals surface area contributed by atoms with Crippen LogP contribution in [0.5, 0.6) is 5.75 Å². The van der Waals surface area contributed by atoms with Crippen LogP contribution in [-0.4, -0.2) is 30.6 Å². The van der Waals surface area contributed by atoms with Crippen molar-refractivity contribution in [2.24, 2.45) is 0 Å². The van der Waals surface area contributed by atoms with Crippen molar-refractivity contribution in [1.82, 2.24) is 10.6 Å². The number of carbonyl (C=O) groups is 2. The highest BCUT2D eigenvalue weighted by Gasteiger charge is 2.24. The maximum Gasteiger partial charge on any atom is 0.344 e. The summed E-state index contributed by atoms with van der Waals surface area (Å²) in [5, 5.41) is 14.7. The number of rotatable bonds is 7. The fourth-order valence-corrected chi connectivity index (χ4v) is 2.65. The molecule has 1 unspecified atom stereocenters. The lowest BCUT2D eigenvalue weighted by Crippen LogP contribution is -2.47. The van der Waals surface area contributed by atoms with Crippen LogP contribution in [0, 0.1) is 11.3 Å². The van der Waals surface area contributed by atoms with Gasteiger partial charge in [-0.25, -0.2) is 4.79 Å². The summed E-state index contributed by atoms with van der Waals surface area (Å²) in [7, 11) is 0. The fourth-order valence-electron chi connectivity index (χ4n) is 2.37. The standard InChI is InChI=1S/C17H19N3O4S/c1-2-23-15(21)10-24-14-6-4-3-5-11(14)7-8-13-12(9-18)16(22)20-17(25)19-13/h3-6,17,19,25H,2,7-8,10H2,1H3,(H,20,22). The molecule has 0 radical (unpaired) electrons. The minimum atomic E-state index is -0.532. The number of para-hydroxylation sites is 1. The van der Waals surface area contributed by atoms with Crippen molar-refractivity contribution in [2.75, 3.05) is 13.2 Å². The lowest BCUT2D eigenvalue weighted by molar-refractivity contribution is -0.145. The minimum absolute atomic E-state index is 0.0511. The van der Waals surface area contributed by atoms with Crippen LogP contribution in [0.4, 0.5) is 0 Å². The Balaban J connectivity index is 2.07. The summed E-state index contributed by atoms with van der Waals surface area (Å²) < 4.78 is 10.4. The van der Waals surface area contributed by atoms with E-state index in [1.807, 2.05) is 18.2 Å². The summed E-state index contributed by atoms with van der Waals surface area (Å²) in [6.07, 6.45) is 0.966. The van der Waals surface area contributed by atoms with Crippen LogP contribution in [0.1, 0.15) is 18.9 Å². The van der Waals surface area contributed by atoms with Gasteiger partial charge >= 0.3 is 5.97 Å². The molecule has 8 heteroatoms. The molecule has 2 N–H and O–H groups in total. The summed E-state index contributed by atoms with van der Waals surface area (Å²) in [6, 6.07) is 9.20. The first kappa shape index (κ1) is 18.7. The van der Waals surface area contributed by atoms with E-state index in [2.05, 4.69) is 23.3 Å². The summed E-state index contributed by atoms with van der Waals surface area (Å²) >= 11 is 4.17. The van der Waals surface area contributed by atoms with Gasteiger partial charge in [-0.1, -0.05) is 18.2 Å². The Kier molecular flexibility index (Phi) is 6.71. The SMILES string of the molecule is CCOC(=O)COc1ccccc1CCC1=C(C#N)C(=O)NC(S)N1. The topological polar surface area (TPSA) is 100 Å². The van der Waals surface area contributed by atoms with Gasteiger partial charge in [-0.3, -0.25) is 4.79 Å². The van der Waals surface area contributed by atoms with Crippen molar-refractivity contribution >= 4 is 24.5 Å². The Hall–Kier alpha value is -2.66. The van der Waals surface area contributed by atoms with Crippen LogP contribution in [0.15, 0.2) is 35.5 Å². The number of aryl methyl sites for hydroxylation is 1. The van der Waals surface area contributed by atoms with E-state index in [1.54, 1.807) is 19.1 Å². The monoisotopic (exact) mass is 361 g/mol. The van der Waals surface area contributed by atoms with Crippen molar-refractivity contribution in [3.05, 3.63) is 41.1 Å². The largest absolute Gasteiger partial charge is 0.482 e. The first-order chi connectivity index (χ1) is 12.0. The number of nitrogens with one attached hydrogen (secondary N) is 2. The molecule has 0 saturated heterocycles. The molecule has 0 saturated carbocycles. The molecule has 1 aliphatic rings. The zero-order valence-corrected chi connectivity index (χ0v) is 14.6. The van der Waals surface area contributed by atoms with E-state index in [0.717, 1.165) is 5.56 Å². The molecule has 7 nitrogen and oxygen atoms in total. The molecule has 0 spiro atoms. The third-order valence-corrected chi connectivity index (χ3v) is 3.75. The van der Waals surface area contributed by atoms with Crippen molar-refractivity contribution < 1.29 is 19.1 Å². The van der Waals surface area contributed by atoms with Gasteiger partial charge in [0.25, 0.3) is 5.91 Å². The Morgan fingerprint density at radius 3 is 2.80 bits per heavy atom. The summed E-state index contributed by atoms with van der Waals surface area (Å²) in [5.74, 6) is -0.309. The van der Waals surface area contributed by atoms with E-state index in [-0.39, 0.29) is 12.2 Å². The van der Waals surface area contributed by atoms with E-state index in [9.17, 15) is 9.59 Å². The molecule has 1 aromatic rings. The number of carbonyl (C=O) groups excluding carboxylic acids is 2. The number of hydrogen-bond acceptors (Lipinski definition) is 7. The molecule has 0 aromatic heterocycles. The minimum Gasteiger partial charge on any atom is -0.482 e. The molecule has 0 aliphatic carbocycles. The maximum atomic E-state index is 11.8. The van der Waals surface area contributed by atoms with E-state index < -0.39 is 17.4 Å². The average molecular weight is 361 g/mol. The normalized spacial score (nSPS) is 16.5. The lowest BCUT2D eigenvalue weighted by Gasteiger charge is -2.24. The molecule has 132 valence electrons. The molecule has 1 amide bonds. The van der Waals surface area contributed by atoms with E-state index in [1.165, 1.54) is 0 Å². The molecule has 1 heterocycles. The lowest BCUT2D eigenvalue weighted by atomic mass is 10.0. The third-order valence-electron chi connectivity index (χ3n) is 3.49. The molecule has 1 aliphatic heterocycles. The Morgan fingerprint density at radius 2 is 2.08 bits per heavy atom. The van der Waals surface area contributed by atoms with Crippen LogP contribution in [-0.2, 0) is 20.7 Å². The molecule has 1 atom stereocenters. The van der Waals surface area contributed by atoms with Gasteiger partial charge in [0.1, 0.15) is 22.9 Å². The van der Waals surface area contributed by atoms with E-state index in [4.69, 9.17) is 14.7 Å². The van der Waals surface area contributed by atoms with Gasteiger partial charge in [0.15, 0.2) is 6.61 Å². The van der Waals surface area contributed by atoms with Crippen molar-refractivity contribution in [2.45, 2.75) is 25.3 Å². The Bertz CT molecular complexity index is 727. The van der Waals surface area contributed by atoms with Crippen molar-refractivity contribution in [1.29, 1.82) is 5.26 Å². The predicted octanol–water partition coefficient (Wildman–Crippen LogP) is 1.27. The molecular weight excluding hydrogens is 342 g/mol. The van der Waals surface area contributed by atoms with Crippen LogP contribution in [0.25, 0.3) is 0 Å². The summed E-state index contributed by atoms with van der Waals surface area (Å²) in [5.41, 5.74) is 0.914. The second kappa shape index (κ2) is 8.99. The van der Waals surface area contributed by atoms with Gasteiger partial charge in [-0.05, 0) is 31.4 Å². The predicted molar refractivity (Wildman–Crippen MR) is 93.6 cm³/mol. The Labute approximate surface area is 151 Å². The molecule has 0 bridgehead atoms. The van der Waals surface area contributed by atoms with Gasteiger partial charge < -0.3 is 20.1 Å². The number of nitriles is 1. The highest BCUT2D eigenvalue weighted by Crippen LogP contribution is 2.22. The molecular formula is C17H19N3O4S. The van der Waals surface area contributed by atoms with E-state index in [0.29, 0.717) is 30.9 Å². The number of amides is 1. The van der Waals surface area contributed by atoms with E-state index >= 15 is 0 Å². The Morgan fingerprint density at radius 1 is 1.32 bits per heavy atom. The summed E-state index contributed by atoms with van der Waals surface area (Å²) in [6.45, 7) is 1.86. The smallest absolute Gasteiger partial charge is 0.344 e. The number of esters is 1. The van der Waals surface area contributed by atoms with Gasteiger partial charge in [-0.15, -0.1) is 12.6 Å². The second-order valence-electron chi connectivity index (χ2n) is 5.19. The zero-order valence-electron chi connectivity index (χ0n) is 13.7. The van der Waals surface area contributed by atoms with Crippen LogP contribution in [0.2, 0.25) is 0 Å². The van der Waals surface area contributed by atoms with Gasteiger partial charge in [0, 0.05) is 5.70 Å². The maximum absolute atomic E-state index is 11.8. The molecule has 1 aromatic carbocycles. The first-order valence-electron chi connectivity index (χ1n) is 7.80. The van der Waals surface area contributed by atoms with Gasteiger partial charge in [0.2, 0.25) is 0 Å². The van der Waals surface area contributed by atoms with Crippen molar-refractivity contribution in [3.8, 4) is 11.8 Å². The number of ether oxygens (including phenoxy) is 2. The molecule has 0 fully saturated rings. The van der Waals surface area contributed by atoms with Crippen LogP contribution < -0.4 is 15.4 Å². The average Bonchev–Trinajstić information content (AvgIpc) is 2.58. The van der Waals surface area contributed by atoms with Gasteiger partial charge in [0.05, 0.1) is 6.61 Å². The number of thiol groups is 1. The first-order valence-corrected chi connectivity index (χ1v) is 8.31. The fraction of sp³-hybridized carbons (Fsp3) is 0.353. The second-order valence-corrected chi connectivity index (χ2v) is 5.70. The molecule has 2 rings (SSSR count). The zero-order chi connectivity index (χ0) is 18.2. The molecule has 25 heavy (non-hydrogen) atoms. The summed E-state index contributed by atoms with van der Waals surface area (Å²) in [4.78, 5) is 23.2. The quantitative estimate of drug-likeness (QED) is 0.500. The highest BCUT2D eigenvalue weighted by molar-refractivity contribution is 7.80. The highest BCUT2D eigenvalue weighted by atomic mass is 32.1. The number of benzene rings is 1. The third kappa shape index (κ3) is 5.16. The van der Waals surface area contributed by atoms with Crippen molar-refractivity contribution in [3.63, 3.8) is 0 Å². The number of hydrogen-bond donors (Lipinski definition) is 3. The van der Waals surface area contributed by atoms with Crippen LogP contribution >= 0.6 is 12.6 Å². The number of allylic oxidation sites excluding steroid dienone is 1.